The van der Waals surface area contributed by atoms with E-state index in [-0.39, 0.29) is 5.91 Å². The van der Waals surface area contributed by atoms with Gasteiger partial charge in [-0.15, -0.1) is 11.3 Å². The van der Waals surface area contributed by atoms with E-state index in [0.29, 0.717) is 19.6 Å². The third-order valence-electron chi connectivity index (χ3n) is 4.26. The fraction of sp³-hybridized carbons (Fsp3) is 0.389. The van der Waals surface area contributed by atoms with E-state index in [1.807, 2.05) is 53.6 Å². The van der Waals surface area contributed by atoms with Gasteiger partial charge < -0.3 is 10.0 Å². The molecule has 1 amide bonds. The van der Waals surface area contributed by atoms with Crippen LogP contribution in [-0.2, 0) is 0 Å². The zero-order valence-electron chi connectivity index (χ0n) is 13.3. The Morgan fingerprint density at radius 3 is 2.48 bits per heavy atom. The van der Waals surface area contributed by atoms with Crippen molar-refractivity contribution in [2.75, 3.05) is 32.7 Å². The monoisotopic (exact) mass is 330 g/mol. The van der Waals surface area contributed by atoms with Crippen molar-refractivity contribution in [3.63, 3.8) is 0 Å². The van der Waals surface area contributed by atoms with Gasteiger partial charge in [0.2, 0.25) is 0 Å². The van der Waals surface area contributed by atoms with Gasteiger partial charge in [0.15, 0.2) is 0 Å². The molecule has 1 aliphatic heterocycles. The molecule has 23 heavy (non-hydrogen) atoms. The molecule has 5 heteroatoms. The van der Waals surface area contributed by atoms with Crippen molar-refractivity contribution < 1.29 is 9.90 Å². The van der Waals surface area contributed by atoms with Gasteiger partial charge in [0.1, 0.15) is 6.10 Å². The highest BCUT2D eigenvalue weighted by atomic mass is 32.1. The predicted octanol–water partition coefficient (Wildman–Crippen LogP) is 2.55. The van der Waals surface area contributed by atoms with Crippen molar-refractivity contribution in [2.24, 2.45) is 0 Å². The Morgan fingerprint density at radius 1 is 1.17 bits per heavy atom. The standard InChI is InChI=1S/C18H22N2O2S/c1-14-4-6-15(7-5-14)18(22)20-10-8-19(9-11-20)13-16(21)17-3-2-12-23-17/h2-7,12,16,21H,8-11,13H2,1H3/t16-/m0/s1. The maximum atomic E-state index is 12.5. The van der Waals surface area contributed by atoms with Crippen LogP contribution < -0.4 is 0 Å². The summed E-state index contributed by atoms with van der Waals surface area (Å²) in [5.74, 6) is 0.100. The second-order valence-corrected chi connectivity index (χ2v) is 6.97. The maximum absolute atomic E-state index is 12.5. The molecule has 0 saturated carbocycles. The Balaban J connectivity index is 1.52. The van der Waals surface area contributed by atoms with Gasteiger partial charge in [-0.1, -0.05) is 23.8 Å². The van der Waals surface area contributed by atoms with Gasteiger partial charge in [-0.3, -0.25) is 9.69 Å². The summed E-state index contributed by atoms with van der Waals surface area (Å²) in [4.78, 5) is 17.6. The molecule has 0 radical (unpaired) electrons. The lowest BCUT2D eigenvalue weighted by molar-refractivity contribution is 0.0533. The largest absolute Gasteiger partial charge is 0.386 e. The van der Waals surface area contributed by atoms with E-state index in [1.165, 1.54) is 0 Å². The van der Waals surface area contributed by atoms with Crippen LogP contribution in [0.1, 0.15) is 26.9 Å². The van der Waals surface area contributed by atoms with Crippen molar-refractivity contribution in [1.29, 1.82) is 0 Å². The van der Waals surface area contributed by atoms with Gasteiger partial charge in [0, 0.05) is 43.2 Å². The highest BCUT2D eigenvalue weighted by molar-refractivity contribution is 7.10. The summed E-state index contributed by atoms with van der Waals surface area (Å²) in [5.41, 5.74) is 1.91. The van der Waals surface area contributed by atoms with Crippen LogP contribution in [0.3, 0.4) is 0 Å². The van der Waals surface area contributed by atoms with Gasteiger partial charge in [-0.25, -0.2) is 0 Å². The lowest BCUT2D eigenvalue weighted by atomic mass is 10.1. The summed E-state index contributed by atoms with van der Waals surface area (Å²) >= 11 is 1.58. The van der Waals surface area contributed by atoms with E-state index in [4.69, 9.17) is 0 Å². The van der Waals surface area contributed by atoms with Crippen LogP contribution in [0.25, 0.3) is 0 Å². The molecule has 0 bridgehead atoms. The summed E-state index contributed by atoms with van der Waals surface area (Å²) in [6.45, 7) is 5.69. The minimum Gasteiger partial charge on any atom is -0.386 e. The molecule has 1 aliphatic rings. The van der Waals surface area contributed by atoms with Crippen molar-refractivity contribution >= 4 is 17.2 Å². The predicted molar refractivity (Wildman–Crippen MR) is 92.8 cm³/mol. The minimum absolute atomic E-state index is 0.100. The fourth-order valence-corrected chi connectivity index (χ4v) is 3.53. The molecule has 4 nitrogen and oxygen atoms in total. The number of thiophene rings is 1. The number of aliphatic hydroxyl groups excluding tert-OH is 1. The van der Waals surface area contributed by atoms with Gasteiger partial charge in [0.25, 0.3) is 5.91 Å². The van der Waals surface area contributed by atoms with Crippen LogP contribution in [0.15, 0.2) is 41.8 Å². The number of carbonyl (C=O) groups is 1. The van der Waals surface area contributed by atoms with E-state index in [1.54, 1.807) is 11.3 Å². The second-order valence-electron chi connectivity index (χ2n) is 5.99. The molecule has 2 aromatic rings. The van der Waals surface area contributed by atoms with Crippen molar-refractivity contribution in [2.45, 2.75) is 13.0 Å². The third kappa shape index (κ3) is 3.99. The van der Waals surface area contributed by atoms with Crippen molar-refractivity contribution in [3.8, 4) is 0 Å². The van der Waals surface area contributed by atoms with Crippen LogP contribution in [0.4, 0.5) is 0 Å². The third-order valence-corrected chi connectivity index (χ3v) is 5.23. The highest BCUT2D eigenvalue weighted by Crippen LogP contribution is 2.20. The Kier molecular flexibility index (Phi) is 5.10. The van der Waals surface area contributed by atoms with Gasteiger partial charge >= 0.3 is 0 Å². The smallest absolute Gasteiger partial charge is 0.253 e. The van der Waals surface area contributed by atoms with E-state index in [2.05, 4.69) is 4.90 Å². The van der Waals surface area contributed by atoms with Crippen LogP contribution in [0.5, 0.6) is 0 Å². The number of rotatable bonds is 4. The maximum Gasteiger partial charge on any atom is 0.253 e. The zero-order chi connectivity index (χ0) is 16.2. The fourth-order valence-electron chi connectivity index (χ4n) is 2.83. The molecule has 1 aromatic heterocycles. The Hall–Kier alpha value is -1.69. The average Bonchev–Trinajstić information content (AvgIpc) is 3.10. The Morgan fingerprint density at radius 2 is 1.87 bits per heavy atom. The number of piperazine rings is 1. The first-order chi connectivity index (χ1) is 11.1. The Bertz CT molecular complexity index is 632. The van der Waals surface area contributed by atoms with Crippen LogP contribution in [-0.4, -0.2) is 53.5 Å². The summed E-state index contributed by atoms with van der Waals surface area (Å²) < 4.78 is 0. The number of aliphatic hydroxyl groups is 1. The normalized spacial score (nSPS) is 17.2. The zero-order valence-corrected chi connectivity index (χ0v) is 14.1. The lowest BCUT2D eigenvalue weighted by Gasteiger charge is -2.35. The quantitative estimate of drug-likeness (QED) is 0.937. The molecule has 1 N–H and O–H groups in total. The molecule has 0 unspecified atom stereocenters. The van der Waals surface area contributed by atoms with E-state index in [0.717, 1.165) is 29.1 Å². The molecular formula is C18H22N2O2S. The first-order valence-electron chi connectivity index (χ1n) is 7.93. The SMILES string of the molecule is Cc1ccc(C(=O)N2CCN(C[C@H](O)c3cccs3)CC2)cc1. The summed E-state index contributed by atoms with van der Waals surface area (Å²) in [7, 11) is 0. The summed E-state index contributed by atoms with van der Waals surface area (Å²) in [6.07, 6.45) is -0.436. The summed E-state index contributed by atoms with van der Waals surface area (Å²) in [5, 5.41) is 12.2. The van der Waals surface area contributed by atoms with E-state index in [9.17, 15) is 9.90 Å². The first-order valence-corrected chi connectivity index (χ1v) is 8.81. The Labute approximate surface area is 141 Å². The van der Waals surface area contributed by atoms with Gasteiger partial charge in [0.05, 0.1) is 0 Å². The number of hydrogen-bond donors (Lipinski definition) is 1. The molecule has 3 rings (SSSR count). The van der Waals surface area contributed by atoms with Crippen LogP contribution >= 0.6 is 11.3 Å². The van der Waals surface area contributed by atoms with Crippen LogP contribution in [0, 0.1) is 6.92 Å². The molecule has 1 fully saturated rings. The number of β-amino-alcohol motifs (C(OH)–C–C–N with tert-alkyl or cyclic N) is 1. The molecule has 1 aromatic carbocycles. The van der Waals surface area contributed by atoms with Crippen LogP contribution in [0.2, 0.25) is 0 Å². The molecule has 2 heterocycles. The topological polar surface area (TPSA) is 43.8 Å². The molecule has 0 aliphatic carbocycles. The highest BCUT2D eigenvalue weighted by Gasteiger charge is 2.23. The second kappa shape index (κ2) is 7.25. The molecule has 1 saturated heterocycles. The summed E-state index contributed by atoms with van der Waals surface area (Å²) in [6, 6.07) is 11.7. The molecule has 0 spiro atoms. The van der Waals surface area contributed by atoms with Crippen molar-refractivity contribution in [3.05, 3.63) is 57.8 Å². The molecular weight excluding hydrogens is 308 g/mol. The number of benzene rings is 1. The number of hydrogen-bond acceptors (Lipinski definition) is 4. The van der Waals surface area contributed by atoms with Gasteiger partial charge in [-0.2, -0.15) is 0 Å². The molecule has 122 valence electrons. The van der Waals surface area contributed by atoms with Gasteiger partial charge in [-0.05, 0) is 30.5 Å². The van der Waals surface area contributed by atoms with E-state index >= 15 is 0 Å². The van der Waals surface area contributed by atoms with Crippen molar-refractivity contribution in [1.82, 2.24) is 9.80 Å². The minimum atomic E-state index is -0.436. The number of amides is 1. The number of nitrogens with zero attached hydrogens (tertiary/aromatic N) is 2. The lowest BCUT2D eigenvalue weighted by Crippen LogP contribution is -2.49. The first kappa shape index (κ1) is 16.2. The van der Waals surface area contributed by atoms with E-state index < -0.39 is 6.10 Å². The average molecular weight is 330 g/mol. The number of aryl methyl sites for hydroxylation is 1. The molecule has 1 atom stereocenters. The number of carbonyl (C=O) groups excluding carboxylic acids is 1.